The number of hydrogen-bond donors (Lipinski definition) is 1. The number of likely N-dealkylation sites (N-methyl/N-ethyl adjacent to an activating group) is 1. The number of rotatable bonds is 8. The first-order chi connectivity index (χ1) is 14.6. The van der Waals surface area contributed by atoms with Gasteiger partial charge in [-0.3, -0.25) is 9.88 Å². The molecule has 0 aliphatic rings. The van der Waals surface area contributed by atoms with E-state index >= 15 is 0 Å². The SMILES string of the molecule is C/C=C\c1cc(-c2cnn3c(N)cc(CN(C)CCOC)nc23)cnc1CC.CC. The smallest absolute Gasteiger partial charge is 0.165 e. The van der Waals surface area contributed by atoms with E-state index in [1.54, 1.807) is 17.8 Å². The summed E-state index contributed by atoms with van der Waals surface area (Å²) in [6.45, 7) is 10.3. The van der Waals surface area contributed by atoms with Gasteiger partial charge >= 0.3 is 0 Å². The fourth-order valence-corrected chi connectivity index (χ4v) is 3.20. The molecule has 0 aromatic carbocycles. The molecule has 0 aliphatic heterocycles. The number of nitrogens with zero attached hydrogens (tertiary/aromatic N) is 5. The molecule has 3 heterocycles. The summed E-state index contributed by atoms with van der Waals surface area (Å²) in [4.78, 5) is 11.6. The molecule has 0 amide bonds. The van der Waals surface area contributed by atoms with Gasteiger partial charge < -0.3 is 10.5 Å². The molecule has 162 valence electrons. The predicted molar refractivity (Wildman–Crippen MR) is 124 cm³/mol. The third-order valence-electron chi connectivity index (χ3n) is 4.66. The third kappa shape index (κ3) is 5.43. The van der Waals surface area contributed by atoms with Gasteiger partial charge in [-0.1, -0.05) is 32.9 Å². The molecule has 3 aromatic rings. The van der Waals surface area contributed by atoms with E-state index in [0.29, 0.717) is 19.0 Å². The van der Waals surface area contributed by atoms with E-state index in [4.69, 9.17) is 15.5 Å². The molecule has 0 saturated carbocycles. The molecule has 0 atom stereocenters. The minimum Gasteiger partial charge on any atom is -0.384 e. The molecule has 0 saturated heterocycles. The highest BCUT2D eigenvalue weighted by Crippen LogP contribution is 2.27. The van der Waals surface area contributed by atoms with Crippen LogP contribution in [0, 0.1) is 0 Å². The van der Waals surface area contributed by atoms with E-state index in [1.165, 1.54) is 0 Å². The number of nitrogen functional groups attached to an aromatic ring is 1. The number of aromatic nitrogens is 4. The van der Waals surface area contributed by atoms with Crippen LogP contribution in [-0.4, -0.2) is 51.8 Å². The Hall–Kier alpha value is -2.77. The zero-order valence-corrected chi connectivity index (χ0v) is 19.0. The average Bonchev–Trinajstić information content (AvgIpc) is 3.18. The van der Waals surface area contributed by atoms with Gasteiger partial charge in [-0.2, -0.15) is 9.61 Å². The zero-order valence-electron chi connectivity index (χ0n) is 19.0. The van der Waals surface area contributed by atoms with Crippen LogP contribution in [-0.2, 0) is 17.7 Å². The summed E-state index contributed by atoms with van der Waals surface area (Å²) < 4.78 is 6.82. The monoisotopic (exact) mass is 410 g/mol. The van der Waals surface area contributed by atoms with Crippen LogP contribution in [0.4, 0.5) is 5.82 Å². The number of fused-ring (bicyclic) bond motifs is 1. The van der Waals surface area contributed by atoms with E-state index in [2.05, 4.69) is 34.0 Å². The average molecular weight is 411 g/mol. The van der Waals surface area contributed by atoms with E-state index in [-0.39, 0.29) is 0 Å². The standard InChI is InChI=1S/C21H28N6O.C2H6/c1-5-7-15-10-16(12-23-19(15)6-2)18-13-24-27-20(22)11-17(25-21(18)27)14-26(3)8-9-28-4;1-2/h5,7,10-13H,6,8-9,14,22H2,1-4H3;1-2H3/b7-5-;. The largest absolute Gasteiger partial charge is 0.384 e. The number of allylic oxidation sites excluding steroid dienone is 1. The summed E-state index contributed by atoms with van der Waals surface area (Å²) in [5, 5.41) is 4.43. The molecule has 0 radical (unpaired) electrons. The lowest BCUT2D eigenvalue weighted by Crippen LogP contribution is -2.23. The van der Waals surface area contributed by atoms with Crippen molar-refractivity contribution < 1.29 is 4.74 Å². The van der Waals surface area contributed by atoms with Crippen molar-refractivity contribution in [3.05, 3.63) is 47.6 Å². The van der Waals surface area contributed by atoms with Crippen molar-refractivity contribution in [2.24, 2.45) is 0 Å². The maximum Gasteiger partial charge on any atom is 0.165 e. The number of ether oxygens (including phenoxy) is 1. The Morgan fingerprint density at radius 1 is 1.23 bits per heavy atom. The fourth-order valence-electron chi connectivity index (χ4n) is 3.20. The van der Waals surface area contributed by atoms with Gasteiger partial charge in [0.2, 0.25) is 0 Å². The van der Waals surface area contributed by atoms with Crippen LogP contribution < -0.4 is 5.73 Å². The first-order valence-electron chi connectivity index (χ1n) is 10.5. The van der Waals surface area contributed by atoms with Crippen LogP contribution in [0.5, 0.6) is 0 Å². The molecule has 30 heavy (non-hydrogen) atoms. The van der Waals surface area contributed by atoms with E-state index in [9.17, 15) is 0 Å². The lowest BCUT2D eigenvalue weighted by Gasteiger charge is -2.16. The first-order valence-corrected chi connectivity index (χ1v) is 10.5. The van der Waals surface area contributed by atoms with Crippen molar-refractivity contribution in [1.29, 1.82) is 0 Å². The minimum absolute atomic E-state index is 0.568. The molecule has 0 fully saturated rings. The van der Waals surface area contributed by atoms with E-state index < -0.39 is 0 Å². The number of methoxy groups -OCH3 is 1. The molecule has 0 unspecified atom stereocenters. The normalized spacial score (nSPS) is 11.3. The fraction of sp³-hybridized carbons (Fsp3) is 0.435. The summed E-state index contributed by atoms with van der Waals surface area (Å²) >= 11 is 0. The van der Waals surface area contributed by atoms with Gasteiger partial charge in [-0.15, -0.1) is 0 Å². The number of aryl methyl sites for hydroxylation is 1. The summed E-state index contributed by atoms with van der Waals surface area (Å²) in [5.74, 6) is 0.568. The molecule has 0 aliphatic carbocycles. The van der Waals surface area contributed by atoms with Crippen LogP contribution >= 0.6 is 0 Å². The first kappa shape index (κ1) is 23.5. The van der Waals surface area contributed by atoms with Crippen molar-refractivity contribution in [3.63, 3.8) is 0 Å². The zero-order chi connectivity index (χ0) is 22.1. The Morgan fingerprint density at radius 2 is 2.00 bits per heavy atom. The number of pyridine rings is 1. The number of hydrogen-bond acceptors (Lipinski definition) is 6. The van der Waals surface area contributed by atoms with Crippen molar-refractivity contribution >= 4 is 17.5 Å². The maximum absolute atomic E-state index is 6.24. The minimum atomic E-state index is 0.568. The third-order valence-corrected chi connectivity index (χ3v) is 4.66. The molecule has 7 heteroatoms. The molecule has 7 nitrogen and oxygen atoms in total. The van der Waals surface area contributed by atoms with Crippen molar-refractivity contribution in [2.75, 3.05) is 33.0 Å². The highest BCUT2D eigenvalue weighted by atomic mass is 16.5. The topological polar surface area (TPSA) is 81.6 Å². The molecule has 3 aromatic heterocycles. The van der Waals surface area contributed by atoms with Crippen molar-refractivity contribution in [1.82, 2.24) is 24.5 Å². The summed E-state index contributed by atoms with van der Waals surface area (Å²) in [5.41, 5.74) is 12.0. The Labute approximate surface area is 179 Å². The number of anilines is 1. The summed E-state index contributed by atoms with van der Waals surface area (Å²) in [6, 6.07) is 4.01. The Balaban J connectivity index is 0.00000155. The highest BCUT2D eigenvalue weighted by Gasteiger charge is 2.14. The Kier molecular flexibility index (Phi) is 8.95. The number of nitrogens with two attached hydrogens (primary N) is 1. The lowest BCUT2D eigenvalue weighted by molar-refractivity contribution is 0.158. The van der Waals surface area contributed by atoms with Gasteiger partial charge in [0.1, 0.15) is 5.82 Å². The second-order valence-corrected chi connectivity index (χ2v) is 6.81. The van der Waals surface area contributed by atoms with Crippen LogP contribution in [0.2, 0.25) is 0 Å². The van der Waals surface area contributed by atoms with Crippen LogP contribution in [0.15, 0.2) is 30.6 Å². The molecular weight excluding hydrogens is 376 g/mol. The predicted octanol–water partition coefficient (Wildman–Crippen LogP) is 4.07. The Bertz CT molecular complexity index is 979. The van der Waals surface area contributed by atoms with Gasteiger partial charge in [0.05, 0.1) is 18.5 Å². The highest BCUT2D eigenvalue weighted by molar-refractivity contribution is 5.79. The maximum atomic E-state index is 6.24. The summed E-state index contributed by atoms with van der Waals surface area (Å²) in [6.07, 6.45) is 8.69. The van der Waals surface area contributed by atoms with E-state index in [0.717, 1.165) is 46.7 Å². The van der Waals surface area contributed by atoms with Gasteiger partial charge in [0.25, 0.3) is 0 Å². The molecule has 2 N–H and O–H groups in total. The van der Waals surface area contributed by atoms with Crippen LogP contribution in [0.3, 0.4) is 0 Å². The second-order valence-electron chi connectivity index (χ2n) is 6.81. The lowest BCUT2D eigenvalue weighted by atomic mass is 10.0. The van der Waals surface area contributed by atoms with Gasteiger partial charge in [-0.05, 0) is 32.0 Å². The van der Waals surface area contributed by atoms with Gasteiger partial charge in [0, 0.05) is 49.3 Å². The molecule has 0 spiro atoms. The van der Waals surface area contributed by atoms with E-state index in [1.807, 2.05) is 46.2 Å². The van der Waals surface area contributed by atoms with Crippen molar-refractivity contribution in [3.8, 4) is 11.1 Å². The van der Waals surface area contributed by atoms with Crippen molar-refractivity contribution in [2.45, 2.75) is 40.7 Å². The van der Waals surface area contributed by atoms with Crippen LogP contribution in [0.25, 0.3) is 22.9 Å². The van der Waals surface area contributed by atoms with Gasteiger partial charge in [0.15, 0.2) is 5.65 Å². The summed E-state index contributed by atoms with van der Waals surface area (Å²) in [7, 11) is 3.74. The molecule has 0 bridgehead atoms. The van der Waals surface area contributed by atoms with Crippen LogP contribution in [0.1, 0.15) is 44.6 Å². The second kappa shape index (κ2) is 11.4. The Morgan fingerprint density at radius 3 is 2.67 bits per heavy atom. The molecule has 3 rings (SSSR count). The van der Waals surface area contributed by atoms with Gasteiger partial charge in [-0.25, -0.2) is 4.98 Å². The quantitative estimate of drug-likeness (QED) is 0.603. The molecular formula is C23H34N6O.